The molecule has 2 aliphatic rings. The van der Waals surface area contributed by atoms with Gasteiger partial charge in [0.1, 0.15) is 5.54 Å². The van der Waals surface area contributed by atoms with Gasteiger partial charge >= 0.3 is 0 Å². The second-order valence-electron chi connectivity index (χ2n) is 8.10. The van der Waals surface area contributed by atoms with Crippen molar-refractivity contribution in [3.05, 3.63) is 64.1 Å². The highest BCUT2D eigenvalue weighted by Gasteiger charge is 2.48. The van der Waals surface area contributed by atoms with E-state index >= 15 is 0 Å². The van der Waals surface area contributed by atoms with Crippen LogP contribution in [0.5, 0.6) is 11.5 Å². The monoisotopic (exact) mass is 458 g/mol. The van der Waals surface area contributed by atoms with Crippen LogP contribution >= 0.6 is 11.3 Å². The minimum absolute atomic E-state index is 0.124. The Morgan fingerprint density at radius 1 is 1.18 bits per heavy atom. The summed E-state index contributed by atoms with van der Waals surface area (Å²) in [5, 5.41) is 2.05. The van der Waals surface area contributed by atoms with Gasteiger partial charge in [-0.25, -0.2) is 4.99 Å². The molecule has 7 nitrogen and oxygen atoms in total. The standard InChI is InChI=1S/C25H22N4O3S/c1-4-5-15-8-17(12-27-11-15)18-10-21(33-13-18)25(2)22(23(30)29(3)24(26)28-25)16-6-7-19-20(9-16)32-14-31-19/h6-13,22H,14H2,1-3H3,(H2,26,28)/t22?,25-/m1/s1. The van der Waals surface area contributed by atoms with E-state index in [0.29, 0.717) is 11.5 Å². The topological polar surface area (TPSA) is 90.0 Å². The number of fused-ring (bicyclic) bond motifs is 1. The van der Waals surface area contributed by atoms with Gasteiger partial charge in [0.2, 0.25) is 12.7 Å². The van der Waals surface area contributed by atoms with Gasteiger partial charge in [0.15, 0.2) is 17.5 Å². The van der Waals surface area contributed by atoms with Crippen molar-refractivity contribution in [1.29, 1.82) is 0 Å². The number of carbonyl (C=O) groups excluding carboxylic acids is 1. The lowest BCUT2D eigenvalue weighted by atomic mass is 9.77. The molecule has 166 valence electrons. The Hall–Kier alpha value is -3.83. The first-order valence-corrected chi connectivity index (χ1v) is 11.3. The summed E-state index contributed by atoms with van der Waals surface area (Å²) in [5.41, 5.74) is 8.88. The number of likely N-dealkylation sites (N-methyl/N-ethyl adjacent to an activating group) is 1. The van der Waals surface area contributed by atoms with Gasteiger partial charge in [-0.1, -0.05) is 12.0 Å². The zero-order valence-electron chi connectivity index (χ0n) is 18.5. The maximum atomic E-state index is 13.5. The van der Waals surface area contributed by atoms with Crippen LogP contribution in [0.1, 0.15) is 35.8 Å². The molecule has 0 saturated heterocycles. The summed E-state index contributed by atoms with van der Waals surface area (Å²) in [5.74, 6) is 6.72. The second kappa shape index (κ2) is 7.94. The van der Waals surface area contributed by atoms with Crippen LogP contribution in [0.25, 0.3) is 11.1 Å². The average Bonchev–Trinajstić information content (AvgIpc) is 3.48. The minimum Gasteiger partial charge on any atom is -0.454 e. The van der Waals surface area contributed by atoms with Crippen LogP contribution in [-0.4, -0.2) is 35.6 Å². The summed E-state index contributed by atoms with van der Waals surface area (Å²) < 4.78 is 11.0. The maximum Gasteiger partial charge on any atom is 0.239 e. The van der Waals surface area contributed by atoms with Gasteiger partial charge in [-0.2, -0.15) is 0 Å². The highest BCUT2D eigenvalue weighted by molar-refractivity contribution is 7.10. The Morgan fingerprint density at radius 2 is 2.00 bits per heavy atom. The third kappa shape index (κ3) is 3.51. The van der Waals surface area contributed by atoms with Gasteiger partial charge < -0.3 is 15.2 Å². The van der Waals surface area contributed by atoms with Crippen LogP contribution in [0, 0.1) is 11.8 Å². The Kier molecular flexibility index (Phi) is 5.06. The number of aromatic nitrogens is 1. The fraction of sp³-hybridized carbons (Fsp3) is 0.240. The third-order valence-corrected chi connectivity index (χ3v) is 7.16. The lowest BCUT2D eigenvalue weighted by Gasteiger charge is -2.40. The van der Waals surface area contributed by atoms with Gasteiger partial charge in [-0.3, -0.25) is 14.7 Å². The molecule has 0 bridgehead atoms. The number of pyridine rings is 1. The van der Waals surface area contributed by atoms with E-state index in [0.717, 1.165) is 27.1 Å². The Balaban J connectivity index is 1.61. The summed E-state index contributed by atoms with van der Waals surface area (Å²) in [6.45, 7) is 3.92. The molecule has 5 rings (SSSR count). The number of guanidine groups is 1. The fourth-order valence-electron chi connectivity index (χ4n) is 4.25. The molecule has 3 aromatic rings. The van der Waals surface area contributed by atoms with Crippen molar-refractivity contribution >= 4 is 23.2 Å². The molecule has 2 aliphatic heterocycles. The number of hydrogen-bond acceptors (Lipinski definition) is 7. The van der Waals surface area contributed by atoms with Crippen molar-refractivity contribution in [2.75, 3.05) is 13.8 Å². The van der Waals surface area contributed by atoms with Crippen LogP contribution < -0.4 is 15.2 Å². The second-order valence-corrected chi connectivity index (χ2v) is 9.01. The van der Waals surface area contributed by atoms with E-state index < -0.39 is 11.5 Å². The number of aliphatic imine (C=N–C) groups is 1. The zero-order chi connectivity index (χ0) is 23.2. The molecule has 0 saturated carbocycles. The molecule has 1 aromatic carbocycles. The smallest absolute Gasteiger partial charge is 0.239 e. The largest absolute Gasteiger partial charge is 0.454 e. The molecule has 2 atom stereocenters. The molecule has 1 amide bonds. The lowest BCUT2D eigenvalue weighted by Crippen LogP contribution is -2.52. The van der Waals surface area contributed by atoms with Crippen LogP contribution in [0.15, 0.2) is 53.1 Å². The molecule has 0 spiro atoms. The molecule has 2 N–H and O–H groups in total. The summed E-state index contributed by atoms with van der Waals surface area (Å²) in [6.07, 6.45) is 3.55. The Labute approximate surface area is 195 Å². The van der Waals surface area contributed by atoms with Crippen molar-refractivity contribution in [2.45, 2.75) is 25.3 Å². The van der Waals surface area contributed by atoms with E-state index in [1.165, 1.54) is 4.90 Å². The first-order valence-electron chi connectivity index (χ1n) is 10.4. The highest BCUT2D eigenvalue weighted by atomic mass is 32.1. The van der Waals surface area contributed by atoms with E-state index in [9.17, 15) is 4.79 Å². The number of amides is 1. The molecule has 0 radical (unpaired) electrons. The summed E-state index contributed by atoms with van der Waals surface area (Å²) >= 11 is 1.54. The average molecular weight is 459 g/mol. The van der Waals surface area contributed by atoms with Crippen LogP contribution in [0.3, 0.4) is 0 Å². The molecular formula is C25H22N4O3S. The molecule has 0 aliphatic carbocycles. The SMILES string of the molecule is CC#Cc1cncc(-c2csc([C@@]3(C)N=C(N)N(C)C(=O)C3c3ccc4c(c3)OCO4)c2)c1. The van der Waals surface area contributed by atoms with Crippen molar-refractivity contribution in [3.8, 4) is 34.5 Å². The van der Waals surface area contributed by atoms with Gasteiger partial charge in [0.05, 0.1) is 5.92 Å². The van der Waals surface area contributed by atoms with Gasteiger partial charge in [-0.05, 0) is 54.6 Å². The number of rotatable bonds is 3. The van der Waals surface area contributed by atoms with Crippen LogP contribution in [0.4, 0.5) is 0 Å². The van der Waals surface area contributed by atoms with E-state index in [2.05, 4.69) is 22.9 Å². The zero-order valence-corrected chi connectivity index (χ0v) is 19.3. The van der Waals surface area contributed by atoms with Gasteiger partial charge in [-0.15, -0.1) is 17.3 Å². The molecule has 8 heteroatoms. The molecule has 33 heavy (non-hydrogen) atoms. The van der Waals surface area contributed by atoms with Crippen LogP contribution in [0.2, 0.25) is 0 Å². The number of benzene rings is 1. The lowest BCUT2D eigenvalue weighted by molar-refractivity contribution is -0.130. The quantitative estimate of drug-likeness (QED) is 0.605. The number of nitrogens with two attached hydrogens (primary N) is 1. The summed E-state index contributed by atoms with van der Waals surface area (Å²) in [4.78, 5) is 25.0. The highest BCUT2D eigenvalue weighted by Crippen LogP contribution is 2.48. The number of carbonyl (C=O) groups is 1. The number of hydrogen-bond donors (Lipinski definition) is 1. The van der Waals surface area contributed by atoms with Crippen molar-refractivity contribution in [2.24, 2.45) is 10.7 Å². The first kappa shape index (κ1) is 21.0. The first-order chi connectivity index (χ1) is 15.9. The number of ether oxygens (including phenoxy) is 2. The van der Waals surface area contributed by atoms with E-state index in [-0.39, 0.29) is 18.7 Å². The minimum atomic E-state index is -0.890. The molecule has 2 aromatic heterocycles. The molecular weight excluding hydrogens is 436 g/mol. The molecule has 0 fully saturated rings. The summed E-state index contributed by atoms with van der Waals surface area (Å²) in [7, 11) is 1.65. The van der Waals surface area contributed by atoms with Gasteiger partial charge in [0, 0.05) is 35.4 Å². The molecule has 1 unspecified atom stereocenters. The van der Waals surface area contributed by atoms with Gasteiger partial charge in [0.25, 0.3) is 0 Å². The van der Waals surface area contributed by atoms with E-state index in [1.54, 1.807) is 31.5 Å². The van der Waals surface area contributed by atoms with E-state index in [4.69, 9.17) is 20.2 Å². The van der Waals surface area contributed by atoms with Crippen molar-refractivity contribution in [1.82, 2.24) is 9.88 Å². The maximum absolute atomic E-state index is 13.5. The molecule has 4 heterocycles. The predicted molar refractivity (Wildman–Crippen MR) is 127 cm³/mol. The normalized spacial score (nSPS) is 21.4. The number of nitrogens with zero attached hydrogens (tertiary/aromatic N) is 3. The predicted octanol–water partition coefficient (Wildman–Crippen LogP) is 3.70. The Morgan fingerprint density at radius 3 is 2.82 bits per heavy atom. The van der Waals surface area contributed by atoms with E-state index in [1.807, 2.05) is 42.8 Å². The van der Waals surface area contributed by atoms with Crippen molar-refractivity contribution < 1.29 is 14.3 Å². The fourth-order valence-corrected chi connectivity index (χ4v) is 5.30. The van der Waals surface area contributed by atoms with Crippen molar-refractivity contribution in [3.63, 3.8) is 0 Å². The summed E-state index contributed by atoms with van der Waals surface area (Å²) in [6, 6.07) is 9.65. The van der Waals surface area contributed by atoms with Crippen LogP contribution in [-0.2, 0) is 10.3 Å². The third-order valence-electron chi connectivity index (χ3n) is 6.00. The number of thiophene rings is 1. The Bertz CT molecular complexity index is 1350.